The summed E-state index contributed by atoms with van der Waals surface area (Å²) in [5, 5.41) is 4.69. The van der Waals surface area contributed by atoms with Crippen LogP contribution in [-0.2, 0) is 23.2 Å². The van der Waals surface area contributed by atoms with E-state index in [4.69, 9.17) is 16.3 Å². The lowest BCUT2D eigenvalue weighted by molar-refractivity contribution is 0.0955. The SMILES string of the molecule is Cc1ccccc1CN(c1ccc(C(=O)N/N=C\c2ccc(OCc3cccc(Cl)c3)cc2)cc1)S(C)(=O)=O. The van der Waals surface area contributed by atoms with Crippen LogP contribution in [0.3, 0.4) is 0 Å². The maximum atomic E-state index is 12.6. The zero-order valence-corrected chi connectivity index (χ0v) is 23.1. The van der Waals surface area contributed by atoms with Crippen LogP contribution in [-0.4, -0.2) is 26.8 Å². The van der Waals surface area contributed by atoms with E-state index < -0.39 is 15.9 Å². The van der Waals surface area contributed by atoms with Crippen LogP contribution in [0.25, 0.3) is 0 Å². The lowest BCUT2D eigenvalue weighted by atomic mass is 10.1. The molecule has 0 aliphatic heterocycles. The number of hydrazone groups is 1. The summed E-state index contributed by atoms with van der Waals surface area (Å²) in [6.45, 7) is 2.54. The van der Waals surface area contributed by atoms with E-state index in [-0.39, 0.29) is 6.54 Å². The number of anilines is 1. The summed E-state index contributed by atoms with van der Waals surface area (Å²) in [4.78, 5) is 12.6. The van der Waals surface area contributed by atoms with Crippen molar-refractivity contribution in [1.82, 2.24) is 5.43 Å². The third-order valence-corrected chi connectivity index (χ3v) is 7.32. The molecule has 0 spiro atoms. The molecule has 4 aromatic carbocycles. The molecule has 0 aliphatic carbocycles. The minimum Gasteiger partial charge on any atom is -0.489 e. The van der Waals surface area contributed by atoms with E-state index in [0.717, 1.165) is 22.3 Å². The summed E-state index contributed by atoms with van der Waals surface area (Å²) < 4.78 is 32.1. The van der Waals surface area contributed by atoms with Gasteiger partial charge in [0.15, 0.2) is 0 Å². The normalized spacial score (nSPS) is 11.4. The monoisotopic (exact) mass is 561 g/mol. The Balaban J connectivity index is 1.34. The molecule has 7 nitrogen and oxygen atoms in total. The molecule has 200 valence electrons. The number of nitrogens with zero attached hydrogens (tertiary/aromatic N) is 2. The first-order valence-corrected chi connectivity index (χ1v) is 14.3. The van der Waals surface area contributed by atoms with Crippen LogP contribution in [0.1, 0.15) is 32.6 Å². The number of benzene rings is 4. The van der Waals surface area contributed by atoms with Crippen molar-refractivity contribution in [2.75, 3.05) is 10.6 Å². The Morgan fingerprint density at radius 1 is 0.974 bits per heavy atom. The van der Waals surface area contributed by atoms with Gasteiger partial charge in [-0.1, -0.05) is 48.0 Å². The van der Waals surface area contributed by atoms with Crippen LogP contribution in [0, 0.1) is 6.92 Å². The summed E-state index contributed by atoms with van der Waals surface area (Å²) in [5.74, 6) is 0.283. The van der Waals surface area contributed by atoms with Gasteiger partial charge in [0.05, 0.1) is 24.7 Å². The van der Waals surface area contributed by atoms with Crippen LogP contribution >= 0.6 is 11.6 Å². The van der Waals surface area contributed by atoms with Crippen molar-refractivity contribution >= 4 is 39.4 Å². The van der Waals surface area contributed by atoms with E-state index in [1.165, 1.54) is 16.8 Å². The van der Waals surface area contributed by atoms with Gasteiger partial charge in [-0.2, -0.15) is 5.10 Å². The number of ether oxygens (including phenoxy) is 1. The molecule has 0 aliphatic rings. The van der Waals surface area contributed by atoms with Gasteiger partial charge in [-0.15, -0.1) is 0 Å². The second-order valence-corrected chi connectivity index (χ2v) is 11.3. The topological polar surface area (TPSA) is 88.1 Å². The number of sulfonamides is 1. The van der Waals surface area contributed by atoms with Gasteiger partial charge in [0.25, 0.3) is 5.91 Å². The van der Waals surface area contributed by atoms with Crippen molar-refractivity contribution in [1.29, 1.82) is 0 Å². The highest BCUT2D eigenvalue weighted by Crippen LogP contribution is 2.23. The lowest BCUT2D eigenvalue weighted by Crippen LogP contribution is -2.29. The Labute approximate surface area is 233 Å². The summed E-state index contributed by atoms with van der Waals surface area (Å²) in [7, 11) is -3.54. The van der Waals surface area contributed by atoms with E-state index in [9.17, 15) is 13.2 Å². The third kappa shape index (κ3) is 7.92. The number of carbonyl (C=O) groups is 1. The predicted octanol–water partition coefficient (Wildman–Crippen LogP) is 5.96. The van der Waals surface area contributed by atoms with E-state index in [1.54, 1.807) is 24.3 Å². The van der Waals surface area contributed by atoms with Gasteiger partial charge in [0.1, 0.15) is 12.4 Å². The smallest absolute Gasteiger partial charge is 0.271 e. The Bertz CT molecular complexity index is 1570. The zero-order valence-electron chi connectivity index (χ0n) is 21.5. The first-order chi connectivity index (χ1) is 18.7. The van der Waals surface area contributed by atoms with Crippen LogP contribution in [0.2, 0.25) is 5.02 Å². The molecule has 0 unspecified atom stereocenters. The van der Waals surface area contributed by atoms with Gasteiger partial charge in [-0.25, -0.2) is 13.8 Å². The second kappa shape index (κ2) is 12.6. The Morgan fingerprint density at radius 3 is 2.36 bits per heavy atom. The number of aryl methyl sites for hydroxylation is 1. The number of hydrogen-bond acceptors (Lipinski definition) is 5. The summed E-state index contributed by atoms with van der Waals surface area (Å²) in [6, 6.07) is 28.8. The standard InChI is InChI=1S/C30H28ClN3O4S/c1-22-6-3-4-8-26(22)20-34(39(2,36)37)28-14-12-25(13-15-28)30(35)33-32-19-23-10-16-29(17-11-23)38-21-24-7-5-9-27(31)18-24/h3-19H,20-21H2,1-2H3,(H,33,35)/b32-19-. The van der Waals surface area contributed by atoms with Crippen LogP contribution < -0.4 is 14.5 Å². The highest BCUT2D eigenvalue weighted by atomic mass is 35.5. The molecule has 0 saturated carbocycles. The molecule has 1 amide bonds. The molecule has 0 atom stereocenters. The molecule has 39 heavy (non-hydrogen) atoms. The average molecular weight is 562 g/mol. The summed E-state index contributed by atoms with van der Waals surface area (Å²) in [5.41, 5.74) is 6.97. The fourth-order valence-corrected chi connectivity index (χ4v) is 4.89. The van der Waals surface area contributed by atoms with Crippen molar-refractivity contribution in [2.24, 2.45) is 5.10 Å². The number of halogens is 1. The molecule has 0 aromatic heterocycles. The molecule has 4 aromatic rings. The van der Waals surface area contributed by atoms with Gasteiger partial charge in [-0.3, -0.25) is 9.10 Å². The van der Waals surface area contributed by atoms with Crippen molar-refractivity contribution in [2.45, 2.75) is 20.1 Å². The van der Waals surface area contributed by atoms with E-state index >= 15 is 0 Å². The molecule has 1 N–H and O–H groups in total. The van der Waals surface area contributed by atoms with Gasteiger partial charge in [0.2, 0.25) is 10.0 Å². The minimum absolute atomic E-state index is 0.200. The first-order valence-electron chi connectivity index (χ1n) is 12.1. The van der Waals surface area contributed by atoms with E-state index in [2.05, 4.69) is 10.5 Å². The molecule has 0 radical (unpaired) electrons. The average Bonchev–Trinajstić information content (AvgIpc) is 2.91. The maximum absolute atomic E-state index is 12.6. The van der Waals surface area contributed by atoms with Gasteiger partial charge in [0, 0.05) is 10.6 Å². The van der Waals surface area contributed by atoms with Gasteiger partial charge in [-0.05, 0) is 89.8 Å². The fraction of sp³-hybridized carbons (Fsp3) is 0.133. The molecule has 0 heterocycles. The molecule has 0 bridgehead atoms. The van der Waals surface area contributed by atoms with Crippen LogP contribution in [0.15, 0.2) is 102 Å². The number of nitrogens with one attached hydrogen (secondary N) is 1. The zero-order chi connectivity index (χ0) is 27.8. The summed E-state index contributed by atoms with van der Waals surface area (Å²) >= 11 is 6.00. The molecule has 0 saturated heterocycles. The molecular weight excluding hydrogens is 534 g/mol. The van der Waals surface area contributed by atoms with Crippen molar-refractivity contribution < 1.29 is 17.9 Å². The maximum Gasteiger partial charge on any atom is 0.271 e. The van der Waals surface area contributed by atoms with Crippen molar-refractivity contribution in [3.05, 3.63) is 130 Å². The Morgan fingerprint density at radius 2 is 1.69 bits per heavy atom. The van der Waals surface area contributed by atoms with Crippen LogP contribution in [0.5, 0.6) is 5.75 Å². The number of carbonyl (C=O) groups excluding carboxylic acids is 1. The first kappa shape index (κ1) is 27.9. The molecular formula is C30H28ClN3O4S. The summed E-state index contributed by atoms with van der Waals surface area (Å²) in [6.07, 6.45) is 2.69. The van der Waals surface area contributed by atoms with E-state index in [0.29, 0.717) is 28.6 Å². The lowest BCUT2D eigenvalue weighted by Gasteiger charge is -2.23. The quantitative estimate of drug-likeness (QED) is 0.191. The number of hydrogen-bond donors (Lipinski definition) is 1. The number of rotatable bonds is 10. The minimum atomic E-state index is -3.54. The van der Waals surface area contributed by atoms with Crippen LogP contribution in [0.4, 0.5) is 5.69 Å². The highest BCUT2D eigenvalue weighted by Gasteiger charge is 2.19. The third-order valence-electron chi connectivity index (χ3n) is 5.95. The second-order valence-electron chi connectivity index (χ2n) is 8.93. The number of amides is 1. The highest BCUT2D eigenvalue weighted by molar-refractivity contribution is 7.92. The van der Waals surface area contributed by atoms with Gasteiger partial charge < -0.3 is 4.74 Å². The van der Waals surface area contributed by atoms with Gasteiger partial charge >= 0.3 is 0 Å². The fourth-order valence-electron chi connectivity index (χ4n) is 3.79. The largest absolute Gasteiger partial charge is 0.489 e. The molecule has 0 fully saturated rings. The molecule has 4 rings (SSSR count). The Hall–Kier alpha value is -4.14. The van der Waals surface area contributed by atoms with E-state index in [1.807, 2.05) is 79.7 Å². The van der Waals surface area contributed by atoms with Crippen molar-refractivity contribution in [3.63, 3.8) is 0 Å². The predicted molar refractivity (Wildman–Crippen MR) is 156 cm³/mol. The molecule has 9 heteroatoms. The van der Waals surface area contributed by atoms with Crippen molar-refractivity contribution in [3.8, 4) is 5.75 Å². The Kier molecular flexibility index (Phi) is 9.01.